The molecule has 0 radical (unpaired) electrons. The van der Waals surface area contributed by atoms with Gasteiger partial charge in [-0.05, 0) is 38.3 Å². The third-order valence-corrected chi connectivity index (χ3v) is 5.48. The fraction of sp³-hybridized carbons (Fsp3) is 0.583. The van der Waals surface area contributed by atoms with Crippen LogP contribution in [0.5, 0.6) is 0 Å². The van der Waals surface area contributed by atoms with Crippen LogP contribution >= 0.6 is 0 Å². The van der Waals surface area contributed by atoms with Crippen LogP contribution in [0.2, 0.25) is 0 Å². The Morgan fingerprint density at radius 3 is 2.82 bits per heavy atom. The van der Waals surface area contributed by atoms with E-state index in [9.17, 15) is 8.42 Å². The van der Waals surface area contributed by atoms with Gasteiger partial charge in [0.1, 0.15) is 0 Å². The zero-order valence-electron chi connectivity index (χ0n) is 10.2. The molecular weight excluding hydrogens is 236 g/mol. The van der Waals surface area contributed by atoms with Crippen LogP contribution in [0, 0.1) is 0 Å². The zero-order valence-corrected chi connectivity index (χ0v) is 11.0. The van der Waals surface area contributed by atoms with Crippen molar-refractivity contribution in [3.8, 4) is 0 Å². The molecule has 0 bridgehead atoms. The van der Waals surface area contributed by atoms with E-state index in [0.29, 0.717) is 6.54 Å². The van der Waals surface area contributed by atoms with Gasteiger partial charge in [0.25, 0.3) is 0 Å². The lowest BCUT2D eigenvalue weighted by Crippen LogP contribution is -2.35. The number of sulfonamides is 1. The van der Waals surface area contributed by atoms with Gasteiger partial charge in [-0.3, -0.25) is 4.98 Å². The highest BCUT2D eigenvalue weighted by Crippen LogP contribution is 2.34. The summed E-state index contributed by atoms with van der Waals surface area (Å²) in [6.45, 7) is 4.09. The van der Waals surface area contributed by atoms with E-state index in [-0.39, 0.29) is 11.3 Å². The molecule has 0 saturated carbocycles. The predicted octanol–water partition coefficient (Wildman–Crippen LogP) is 1.96. The molecule has 1 atom stereocenters. The summed E-state index contributed by atoms with van der Waals surface area (Å²) in [4.78, 5) is 4.07. The van der Waals surface area contributed by atoms with Crippen molar-refractivity contribution in [2.75, 3.05) is 6.54 Å². The second kappa shape index (κ2) is 4.74. The number of hydrogen-bond donors (Lipinski definition) is 0. The minimum atomic E-state index is -3.17. The fourth-order valence-corrected chi connectivity index (χ4v) is 3.73. The van der Waals surface area contributed by atoms with Crippen LogP contribution in [0.3, 0.4) is 0 Å². The molecule has 1 saturated heterocycles. The van der Waals surface area contributed by atoms with E-state index >= 15 is 0 Å². The van der Waals surface area contributed by atoms with Crippen molar-refractivity contribution in [3.05, 3.63) is 30.1 Å². The van der Waals surface area contributed by atoms with Crippen molar-refractivity contribution >= 4 is 10.0 Å². The third-order valence-electron chi connectivity index (χ3n) is 3.20. The van der Waals surface area contributed by atoms with Gasteiger partial charge in [-0.1, -0.05) is 6.07 Å². The molecule has 1 fully saturated rings. The van der Waals surface area contributed by atoms with E-state index in [2.05, 4.69) is 4.98 Å². The lowest BCUT2D eigenvalue weighted by Gasteiger charge is -2.26. The molecule has 0 amide bonds. The van der Waals surface area contributed by atoms with Crippen LogP contribution < -0.4 is 0 Å². The Hall–Kier alpha value is -0.940. The average Bonchev–Trinajstić information content (AvgIpc) is 2.79. The molecule has 1 aliphatic rings. The van der Waals surface area contributed by atoms with Gasteiger partial charge in [0, 0.05) is 18.9 Å². The van der Waals surface area contributed by atoms with E-state index in [4.69, 9.17) is 0 Å². The Bertz CT molecular complexity index is 471. The number of hydrogen-bond acceptors (Lipinski definition) is 3. The van der Waals surface area contributed by atoms with Crippen LogP contribution in [0.15, 0.2) is 24.5 Å². The summed E-state index contributed by atoms with van der Waals surface area (Å²) in [7, 11) is -3.17. The lowest BCUT2D eigenvalue weighted by atomic mass is 10.1. The van der Waals surface area contributed by atoms with E-state index in [1.807, 2.05) is 12.1 Å². The Balaban J connectivity index is 2.31. The Kier molecular flexibility index (Phi) is 3.49. The topological polar surface area (TPSA) is 50.3 Å². The van der Waals surface area contributed by atoms with Gasteiger partial charge in [0.05, 0.1) is 11.3 Å². The van der Waals surface area contributed by atoms with Crippen molar-refractivity contribution < 1.29 is 8.42 Å². The van der Waals surface area contributed by atoms with Gasteiger partial charge < -0.3 is 0 Å². The van der Waals surface area contributed by atoms with Gasteiger partial charge in [-0.2, -0.15) is 4.31 Å². The maximum atomic E-state index is 12.2. The van der Waals surface area contributed by atoms with Gasteiger partial charge in [0.2, 0.25) is 10.0 Å². The first kappa shape index (κ1) is 12.5. The summed E-state index contributed by atoms with van der Waals surface area (Å²) >= 11 is 0. The van der Waals surface area contributed by atoms with Crippen molar-refractivity contribution in [1.82, 2.24) is 9.29 Å². The Morgan fingerprint density at radius 1 is 1.47 bits per heavy atom. The number of nitrogens with zero attached hydrogens (tertiary/aromatic N) is 2. The molecule has 5 heteroatoms. The molecule has 1 unspecified atom stereocenters. The monoisotopic (exact) mass is 254 g/mol. The Labute approximate surface area is 103 Å². The summed E-state index contributed by atoms with van der Waals surface area (Å²) in [5, 5.41) is -0.361. The first-order valence-electron chi connectivity index (χ1n) is 5.94. The molecule has 2 heterocycles. The summed E-state index contributed by atoms with van der Waals surface area (Å²) in [5.74, 6) is 0. The van der Waals surface area contributed by atoms with Crippen molar-refractivity contribution in [2.24, 2.45) is 0 Å². The smallest absolute Gasteiger partial charge is 0.216 e. The number of rotatable bonds is 3. The first-order valence-corrected chi connectivity index (χ1v) is 7.44. The molecule has 94 valence electrons. The summed E-state index contributed by atoms with van der Waals surface area (Å²) < 4.78 is 26.1. The number of pyridine rings is 1. The van der Waals surface area contributed by atoms with Crippen molar-refractivity contribution in [2.45, 2.75) is 38.0 Å². The molecule has 4 nitrogen and oxygen atoms in total. The van der Waals surface area contributed by atoms with Crippen LogP contribution in [-0.2, 0) is 10.0 Å². The van der Waals surface area contributed by atoms with Crippen molar-refractivity contribution in [3.63, 3.8) is 0 Å². The second-order valence-corrected chi connectivity index (χ2v) is 7.09. The Morgan fingerprint density at radius 2 is 2.24 bits per heavy atom. The molecule has 2 rings (SSSR count). The average molecular weight is 254 g/mol. The maximum Gasteiger partial charge on any atom is 0.216 e. The third kappa shape index (κ3) is 2.35. The molecule has 17 heavy (non-hydrogen) atoms. The SMILES string of the molecule is CC(C)S(=O)(=O)N1CCCC1c1cccnc1. The minimum absolute atomic E-state index is 0.0314. The molecule has 0 N–H and O–H groups in total. The molecule has 0 aromatic carbocycles. The van der Waals surface area contributed by atoms with E-state index < -0.39 is 10.0 Å². The lowest BCUT2D eigenvalue weighted by molar-refractivity contribution is 0.391. The molecule has 1 aromatic rings. The molecule has 1 aromatic heterocycles. The molecule has 0 aliphatic carbocycles. The molecular formula is C12H18N2O2S. The zero-order chi connectivity index (χ0) is 12.5. The predicted molar refractivity (Wildman–Crippen MR) is 67.0 cm³/mol. The normalized spacial score (nSPS) is 22.2. The van der Waals surface area contributed by atoms with Crippen LogP contribution in [0.1, 0.15) is 38.3 Å². The highest BCUT2D eigenvalue weighted by atomic mass is 32.2. The maximum absolute atomic E-state index is 12.2. The summed E-state index contributed by atoms with van der Waals surface area (Å²) in [6, 6.07) is 3.77. The number of aromatic nitrogens is 1. The summed E-state index contributed by atoms with van der Waals surface area (Å²) in [6.07, 6.45) is 5.28. The molecule has 0 spiro atoms. The van der Waals surface area contributed by atoms with Crippen LogP contribution in [0.25, 0.3) is 0 Å². The fourth-order valence-electron chi connectivity index (χ4n) is 2.22. The van der Waals surface area contributed by atoms with Crippen molar-refractivity contribution in [1.29, 1.82) is 0 Å². The minimum Gasteiger partial charge on any atom is -0.264 e. The second-order valence-electron chi connectivity index (χ2n) is 4.65. The molecule has 1 aliphatic heterocycles. The summed E-state index contributed by atoms with van der Waals surface area (Å²) in [5.41, 5.74) is 0.995. The highest BCUT2D eigenvalue weighted by molar-refractivity contribution is 7.89. The first-order chi connectivity index (χ1) is 8.03. The standard InChI is InChI=1S/C12H18N2O2S/c1-10(2)17(15,16)14-8-4-6-12(14)11-5-3-7-13-9-11/h3,5,7,9-10,12H,4,6,8H2,1-2H3. The van der Waals surface area contributed by atoms with E-state index in [0.717, 1.165) is 18.4 Å². The largest absolute Gasteiger partial charge is 0.264 e. The van der Waals surface area contributed by atoms with E-state index in [1.165, 1.54) is 0 Å². The van der Waals surface area contributed by atoms with Crippen LogP contribution in [-0.4, -0.2) is 29.5 Å². The quantitative estimate of drug-likeness (QED) is 0.828. The van der Waals surface area contributed by atoms with Crippen LogP contribution in [0.4, 0.5) is 0 Å². The van der Waals surface area contributed by atoms with Gasteiger partial charge >= 0.3 is 0 Å². The van der Waals surface area contributed by atoms with Gasteiger partial charge in [-0.15, -0.1) is 0 Å². The van der Waals surface area contributed by atoms with Gasteiger partial charge in [-0.25, -0.2) is 8.42 Å². The van der Waals surface area contributed by atoms with Gasteiger partial charge in [0.15, 0.2) is 0 Å². The highest BCUT2D eigenvalue weighted by Gasteiger charge is 2.36. The van der Waals surface area contributed by atoms with E-state index in [1.54, 1.807) is 30.5 Å².